The Morgan fingerprint density at radius 3 is 2.38 bits per heavy atom. The van der Waals surface area contributed by atoms with Crippen molar-refractivity contribution in [1.29, 1.82) is 0 Å². The van der Waals surface area contributed by atoms with Crippen LogP contribution in [0.2, 0.25) is 0 Å². The molecule has 2 aliphatic carbocycles. The van der Waals surface area contributed by atoms with Gasteiger partial charge in [0.2, 0.25) is 17.8 Å². The van der Waals surface area contributed by atoms with E-state index in [1.165, 1.54) is 38.5 Å². The molecule has 11 heteroatoms. The van der Waals surface area contributed by atoms with Gasteiger partial charge in [0.05, 0.1) is 25.5 Å². The summed E-state index contributed by atoms with van der Waals surface area (Å²) in [5.41, 5.74) is 3.50. The van der Waals surface area contributed by atoms with Crippen LogP contribution in [0.1, 0.15) is 70.3 Å². The first-order chi connectivity index (χ1) is 21.9. The summed E-state index contributed by atoms with van der Waals surface area (Å²) in [6.07, 6.45) is 13.1. The third kappa shape index (κ3) is 5.73. The van der Waals surface area contributed by atoms with E-state index in [9.17, 15) is 9.59 Å². The van der Waals surface area contributed by atoms with E-state index in [2.05, 4.69) is 31.9 Å². The lowest BCUT2D eigenvalue weighted by molar-refractivity contribution is -0.120. The van der Waals surface area contributed by atoms with Crippen LogP contribution in [0, 0.1) is 0 Å². The Balaban J connectivity index is 1.10. The molecule has 3 aliphatic heterocycles. The summed E-state index contributed by atoms with van der Waals surface area (Å²) in [6, 6.07) is 4.87. The molecule has 1 aromatic heterocycles. The van der Waals surface area contributed by atoms with Gasteiger partial charge >= 0.3 is 0 Å². The topological polar surface area (TPSA) is 97.4 Å². The third-order valence-electron chi connectivity index (χ3n) is 10.9. The molecule has 0 spiro atoms. The van der Waals surface area contributed by atoms with Crippen molar-refractivity contribution < 1.29 is 14.3 Å². The number of hydrogen-bond donors (Lipinski definition) is 1. The molecule has 2 saturated carbocycles. The first kappa shape index (κ1) is 30.2. The lowest BCUT2D eigenvalue weighted by Gasteiger charge is -2.43. The summed E-state index contributed by atoms with van der Waals surface area (Å²) < 4.78 is 5.80. The average molecular weight is 617 g/mol. The van der Waals surface area contributed by atoms with Crippen molar-refractivity contribution in [2.75, 3.05) is 73.4 Å². The maximum atomic E-state index is 13.6. The molecule has 0 unspecified atom stereocenters. The number of methoxy groups -OCH3 is 1. The maximum Gasteiger partial charge on any atom is 0.249 e. The zero-order chi connectivity index (χ0) is 31.1. The molecule has 2 amide bonds. The van der Waals surface area contributed by atoms with Crippen LogP contribution in [0.3, 0.4) is 0 Å². The van der Waals surface area contributed by atoms with Crippen molar-refractivity contribution in [2.24, 2.45) is 0 Å². The van der Waals surface area contributed by atoms with Crippen molar-refractivity contribution in [1.82, 2.24) is 19.8 Å². The number of nitrogens with one attached hydrogen (secondary N) is 1. The fourth-order valence-electron chi connectivity index (χ4n) is 8.34. The first-order valence-electron chi connectivity index (χ1n) is 17.1. The number of piperazine rings is 1. The van der Waals surface area contributed by atoms with E-state index in [1.54, 1.807) is 18.2 Å². The van der Waals surface area contributed by atoms with E-state index in [1.807, 2.05) is 24.1 Å². The Morgan fingerprint density at radius 1 is 0.978 bits per heavy atom. The minimum atomic E-state index is -0.229. The second-order valence-electron chi connectivity index (χ2n) is 13.4. The predicted octanol–water partition coefficient (Wildman–Crippen LogP) is 4.18. The number of likely N-dealkylation sites (N-methyl/N-ethyl adjacent to an activating group) is 1. The van der Waals surface area contributed by atoms with Gasteiger partial charge in [0.25, 0.3) is 0 Å². The standard InChI is InChI=1S/C34H48N8O3/c1-4-27-33(44)38(2)29-21-35-34(37-32(29)42(27)25-11-7-8-12-25)36-26-20-28-23(19-30(26)45-3)13-14-41(28)31(43)22-39-15-17-40(18-16-39)24-9-5-6-10-24/h19-21,24-25,27H,4-18,22H2,1-3H3,(H,35,36,37)/t27-/m1/s1. The van der Waals surface area contributed by atoms with Gasteiger partial charge in [-0.2, -0.15) is 4.98 Å². The molecule has 1 atom stereocenters. The fraction of sp³-hybridized carbons (Fsp3) is 0.647. The van der Waals surface area contributed by atoms with Gasteiger partial charge in [-0.25, -0.2) is 4.98 Å². The van der Waals surface area contributed by atoms with E-state index < -0.39 is 0 Å². The van der Waals surface area contributed by atoms with Crippen LogP contribution in [-0.2, 0) is 16.0 Å². The minimum Gasteiger partial charge on any atom is -0.495 e. The lowest BCUT2D eigenvalue weighted by Crippen LogP contribution is -2.55. The van der Waals surface area contributed by atoms with Gasteiger partial charge in [0.1, 0.15) is 17.5 Å². The van der Waals surface area contributed by atoms with Crippen LogP contribution >= 0.6 is 0 Å². The highest BCUT2D eigenvalue weighted by molar-refractivity contribution is 6.04. The summed E-state index contributed by atoms with van der Waals surface area (Å²) in [4.78, 5) is 47.4. The molecule has 0 bridgehead atoms. The smallest absolute Gasteiger partial charge is 0.249 e. The lowest BCUT2D eigenvalue weighted by atomic mass is 10.0. The van der Waals surface area contributed by atoms with Crippen LogP contribution in [0.25, 0.3) is 0 Å². The molecule has 4 heterocycles. The SMILES string of the molecule is CC[C@@H]1C(=O)N(C)c2cnc(Nc3cc4c(cc3OC)CCN4C(=O)CN3CCN(C4CCCC4)CC3)nc2N1C1CCCC1. The number of rotatable bonds is 8. The maximum absolute atomic E-state index is 13.6. The quantitative estimate of drug-likeness (QED) is 0.469. The van der Waals surface area contributed by atoms with Gasteiger partial charge in [-0.05, 0) is 56.2 Å². The van der Waals surface area contributed by atoms with Gasteiger partial charge in [-0.15, -0.1) is 0 Å². The second-order valence-corrected chi connectivity index (χ2v) is 13.4. The fourth-order valence-corrected chi connectivity index (χ4v) is 8.34. The number of ether oxygens (including phenoxy) is 1. The van der Waals surface area contributed by atoms with Gasteiger partial charge in [-0.3, -0.25) is 19.4 Å². The van der Waals surface area contributed by atoms with Crippen LogP contribution in [0.15, 0.2) is 18.3 Å². The second kappa shape index (κ2) is 12.7. The Hall–Kier alpha value is -3.44. The molecule has 3 fully saturated rings. The average Bonchev–Trinajstić information content (AvgIpc) is 3.85. The highest BCUT2D eigenvalue weighted by Gasteiger charge is 2.41. The highest BCUT2D eigenvalue weighted by Crippen LogP contribution is 2.42. The van der Waals surface area contributed by atoms with Crippen molar-refractivity contribution >= 4 is 40.6 Å². The Labute approximate surface area is 266 Å². The van der Waals surface area contributed by atoms with Gasteiger partial charge in [0.15, 0.2) is 5.82 Å². The molecule has 0 radical (unpaired) electrons. The van der Waals surface area contributed by atoms with E-state index in [0.717, 1.165) is 86.3 Å². The third-order valence-corrected chi connectivity index (χ3v) is 10.9. The zero-order valence-electron chi connectivity index (χ0n) is 27.1. The van der Waals surface area contributed by atoms with Crippen molar-refractivity contribution in [3.63, 3.8) is 0 Å². The van der Waals surface area contributed by atoms with Gasteiger partial charge < -0.3 is 24.8 Å². The Morgan fingerprint density at radius 2 is 1.69 bits per heavy atom. The first-order valence-corrected chi connectivity index (χ1v) is 17.1. The largest absolute Gasteiger partial charge is 0.495 e. The number of carbonyl (C=O) groups is 2. The number of carbonyl (C=O) groups excluding carboxylic acids is 2. The number of anilines is 5. The van der Waals surface area contributed by atoms with Crippen molar-refractivity contribution in [3.05, 3.63) is 23.9 Å². The molecule has 7 rings (SSSR count). The summed E-state index contributed by atoms with van der Waals surface area (Å²) in [5.74, 6) is 2.19. The van der Waals surface area contributed by atoms with Gasteiger partial charge in [-0.1, -0.05) is 32.6 Å². The molecule has 45 heavy (non-hydrogen) atoms. The monoisotopic (exact) mass is 616 g/mol. The zero-order valence-corrected chi connectivity index (χ0v) is 27.1. The molecule has 1 N–H and O–H groups in total. The van der Waals surface area contributed by atoms with E-state index in [0.29, 0.717) is 30.8 Å². The highest BCUT2D eigenvalue weighted by atomic mass is 16.5. The number of fused-ring (bicyclic) bond motifs is 2. The number of aromatic nitrogens is 2. The summed E-state index contributed by atoms with van der Waals surface area (Å²) >= 11 is 0. The van der Waals surface area contributed by atoms with Crippen LogP contribution < -0.4 is 24.8 Å². The van der Waals surface area contributed by atoms with E-state index in [-0.39, 0.29) is 17.9 Å². The van der Waals surface area contributed by atoms with E-state index >= 15 is 0 Å². The normalized spacial score (nSPS) is 23.1. The molecule has 1 saturated heterocycles. The number of nitrogens with zero attached hydrogens (tertiary/aromatic N) is 7. The van der Waals surface area contributed by atoms with Gasteiger partial charge in [0, 0.05) is 57.5 Å². The molecule has 5 aliphatic rings. The number of hydrogen-bond acceptors (Lipinski definition) is 9. The van der Waals surface area contributed by atoms with Crippen LogP contribution in [-0.4, -0.2) is 103 Å². The van der Waals surface area contributed by atoms with Crippen molar-refractivity contribution in [3.8, 4) is 5.75 Å². The molecule has 2 aromatic rings. The predicted molar refractivity (Wildman–Crippen MR) is 177 cm³/mol. The summed E-state index contributed by atoms with van der Waals surface area (Å²) in [7, 11) is 3.48. The molecule has 242 valence electrons. The Bertz CT molecular complexity index is 1410. The summed E-state index contributed by atoms with van der Waals surface area (Å²) in [6.45, 7) is 7.21. The number of benzene rings is 1. The van der Waals surface area contributed by atoms with Crippen LogP contribution in [0.4, 0.5) is 28.8 Å². The van der Waals surface area contributed by atoms with Crippen LogP contribution in [0.5, 0.6) is 5.75 Å². The minimum absolute atomic E-state index is 0.0990. The molecule has 1 aromatic carbocycles. The van der Waals surface area contributed by atoms with Crippen molar-refractivity contribution in [2.45, 2.75) is 89.3 Å². The van der Waals surface area contributed by atoms with E-state index in [4.69, 9.17) is 9.72 Å². The molecular formula is C34H48N8O3. The Kier molecular flexibility index (Phi) is 8.56. The number of amides is 2. The molecular weight excluding hydrogens is 568 g/mol. The summed E-state index contributed by atoms with van der Waals surface area (Å²) in [5, 5.41) is 3.41. The molecule has 11 nitrogen and oxygen atoms in total.